The van der Waals surface area contributed by atoms with Crippen LogP contribution in [0.25, 0.3) is 0 Å². The van der Waals surface area contributed by atoms with Crippen LogP contribution in [0.5, 0.6) is 0 Å². The van der Waals surface area contributed by atoms with Crippen LogP contribution in [0.1, 0.15) is 23.2 Å². The molecule has 5 heteroatoms. The molecule has 1 N–H and O–H groups in total. The van der Waals surface area contributed by atoms with Crippen LogP contribution in [-0.4, -0.2) is 16.9 Å². The Morgan fingerprint density at radius 3 is 2.79 bits per heavy atom. The Morgan fingerprint density at radius 2 is 2.21 bits per heavy atom. The smallest absolute Gasteiger partial charge is 0.254 e. The summed E-state index contributed by atoms with van der Waals surface area (Å²) in [7, 11) is 0. The van der Waals surface area contributed by atoms with Gasteiger partial charge in [-0.1, -0.05) is 23.2 Å². The van der Waals surface area contributed by atoms with Crippen LogP contribution in [0.4, 0.5) is 0 Å². The summed E-state index contributed by atoms with van der Waals surface area (Å²) in [5, 5.41) is 3.45. The zero-order valence-corrected chi connectivity index (χ0v) is 8.77. The maximum Gasteiger partial charge on any atom is 0.254 e. The predicted molar refractivity (Wildman–Crippen MR) is 54.7 cm³/mol. The van der Waals surface area contributed by atoms with Crippen molar-refractivity contribution in [2.75, 3.05) is 0 Å². The Hall–Kier alpha value is -0.800. The van der Waals surface area contributed by atoms with Crippen molar-refractivity contribution in [3.05, 3.63) is 28.0 Å². The van der Waals surface area contributed by atoms with Crippen molar-refractivity contribution in [3.8, 4) is 0 Å². The van der Waals surface area contributed by atoms with Gasteiger partial charge >= 0.3 is 0 Å². The number of halogens is 2. The average Bonchev–Trinajstić information content (AvgIpc) is 2.87. The lowest BCUT2D eigenvalue weighted by Gasteiger charge is -2.04. The van der Waals surface area contributed by atoms with E-state index in [0.717, 1.165) is 12.8 Å². The molecule has 1 aromatic heterocycles. The van der Waals surface area contributed by atoms with Gasteiger partial charge in [-0.25, -0.2) is 4.98 Å². The van der Waals surface area contributed by atoms with Crippen LogP contribution >= 0.6 is 23.2 Å². The lowest BCUT2D eigenvalue weighted by molar-refractivity contribution is 0.0951. The normalized spacial score (nSPS) is 15.3. The van der Waals surface area contributed by atoms with Gasteiger partial charge < -0.3 is 5.32 Å². The fourth-order valence-electron chi connectivity index (χ4n) is 1.07. The van der Waals surface area contributed by atoms with E-state index < -0.39 is 0 Å². The molecule has 0 spiro atoms. The van der Waals surface area contributed by atoms with Crippen molar-refractivity contribution < 1.29 is 4.79 Å². The summed E-state index contributed by atoms with van der Waals surface area (Å²) in [6.07, 6.45) is 3.48. The highest BCUT2D eigenvalue weighted by molar-refractivity contribution is 6.36. The van der Waals surface area contributed by atoms with E-state index >= 15 is 0 Å². The second-order valence-electron chi connectivity index (χ2n) is 3.23. The Balaban J connectivity index is 2.17. The first-order valence-electron chi connectivity index (χ1n) is 4.29. The van der Waals surface area contributed by atoms with Crippen molar-refractivity contribution in [1.29, 1.82) is 0 Å². The fraction of sp³-hybridized carbons (Fsp3) is 0.333. The fourth-order valence-corrected chi connectivity index (χ4v) is 1.52. The van der Waals surface area contributed by atoms with Crippen LogP contribution in [0.2, 0.25) is 10.2 Å². The Morgan fingerprint density at radius 1 is 1.50 bits per heavy atom. The standard InChI is InChI=1S/C9H8Cl2N2O/c10-7-3-8(11)12-4-6(7)9(14)13-5-1-2-5/h3-5H,1-2H2,(H,13,14). The Kier molecular flexibility index (Phi) is 2.61. The lowest BCUT2D eigenvalue weighted by Crippen LogP contribution is -2.25. The summed E-state index contributed by atoms with van der Waals surface area (Å²) in [5.74, 6) is -0.179. The molecule has 0 aliphatic heterocycles. The molecule has 1 amide bonds. The van der Waals surface area contributed by atoms with E-state index in [2.05, 4.69) is 10.3 Å². The molecule has 0 bridgehead atoms. The molecular weight excluding hydrogens is 223 g/mol. The number of carbonyl (C=O) groups excluding carboxylic acids is 1. The van der Waals surface area contributed by atoms with E-state index in [1.54, 1.807) is 0 Å². The van der Waals surface area contributed by atoms with E-state index in [1.807, 2.05) is 0 Å². The summed E-state index contributed by atoms with van der Waals surface area (Å²) in [5.41, 5.74) is 0.378. The molecule has 0 aromatic carbocycles. The topological polar surface area (TPSA) is 42.0 Å². The molecule has 0 atom stereocenters. The third-order valence-electron chi connectivity index (χ3n) is 1.98. The SMILES string of the molecule is O=C(NC1CC1)c1cnc(Cl)cc1Cl. The number of nitrogens with one attached hydrogen (secondary N) is 1. The summed E-state index contributed by atoms with van der Waals surface area (Å²) in [6, 6.07) is 1.78. The lowest BCUT2D eigenvalue weighted by atomic mass is 10.2. The highest BCUT2D eigenvalue weighted by Crippen LogP contribution is 2.22. The van der Waals surface area contributed by atoms with Gasteiger partial charge in [0.2, 0.25) is 0 Å². The minimum atomic E-state index is -0.179. The van der Waals surface area contributed by atoms with E-state index in [9.17, 15) is 4.79 Å². The monoisotopic (exact) mass is 230 g/mol. The highest BCUT2D eigenvalue weighted by atomic mass is 35.5. The zero-order valence-electron chi connectivity index (χ0n) is 7.26. The third kappa shape index (κ3) is 2.16. The number of amides is 1. The first-order valence-corrected chi connectivity index (χ1v) is 5.04. The van der Waals surface area contributed by atoms with Crippen LogP contribution < -0.4 is 5.32 Å². The maximum absolute atomic E-state index is 11.5. The van der Waals surface area contributed by atoms with E-state index in [-0.39, 0.29) is 11.1 Å². The molecule has 0 unspecified atom stereocenters. The van der Waals surface area contributed by atoms with Gasteiger partial charge in [0.1, 0.15) is 5.15 Å². The first-order chi connectivity index (χ1) is 6.66. The summed E-state index contributed by atoms with van der Waals surface area (Å²) in [6.45, 7) is 0. The quantitative estimate of drug-likeness (QED) is 0.793. The molecule has 1 aliphatic rings. The van der Waals surface area contributed by atoms with Gasteiger partial charge in [-0.05, 0) is 18.9 Å². The molecule has 3 nitrogen and oxygen atoms in total. The average molecular weight is 231 g/mol. The molecule has 1 aromatic rings. The number of hydrogen-bond acceptors (Lipinski definition) is 2. The Labute approximate surface area is 91.4 Å². The maximum atomic E-state index is 11.5. The molecule has 1 fully saturated rings. The van der Waals surface area contributed by atoms with Crippen LogP contribution in [-0.2, 0) is 0 Å². The minimum Gasteiger partial charge on any atom is -0.349 e. The second kappa shape index (κ2) is 3.75. The largest absolute Gasteiger partial charge is 0.349 e. The first kappa shape index (κ1) is 9.74. The van der Waals surface area contributed by atoms with E-state index in [1.165, 1.54) is 12.3 Å². The van der Waals surface area contributed by atoms with Crippen LogP contribution in [0.15, 0.2) is 12.3 Å². The van der Waals surface area contributed by atoms with Gasteiger partial charge in [0, 0.05) is 12.2 Å². The van der Waals surface area contributed by atoms with Gasteiger partial charge in [-0.3, -0.25) is 4.79 Å². The van der Waals surface area contributed by atoms with Crippen molar-refractivity contribution >= 4 is 29.1 Å². The van der Waals surface area contributed by atoms with E-state index in [4.69, 9.17) is 23.2 Å². The molecule has 74 valence electrons. The molecule has 2 rings (SSSR count). The van der Waals surface area contributed by atoms with Gasteiger partial charge in [0.25, 0.3) is 5.91 Å². The van der Waals surface area contributed by atoms with Gasteiger partial charge in [0.05, 0.1) is 10.6 Å². The Bertz CT molecular complexity index is 377. The molecule has 1 saturated carbocycles. The predicted octanol–water partition coefficient (Wildman–Crippen LogP) is 2.28. The van der Waals surface area contributed by atoms with Gasteiger partial charge in [-0.2, -0.15) is 0 Å². The number of nitrogens with zero attached hydrogens (tertiary/aromatic N) is 1. The molecular formula is C9H8Cl2N2O. The summed E-state index contributed by atoms with van der Waals surface area (Å²) >= 11 is 11.5. The molecule has 0 saturated heterocycles. The van der Waals surface area contributed by atoms with Crippen molar-refractivity contribution in [2.45, 2.75) is 18.9 Å². The summed E-state index contributed by atoms with van der Waals surface area (Å²) < 4.78 is 0. The number of carbonyl (C=O) groups is 1. The van der Waals surface area contributed by atoms with Crippen molar-refractivity contribution in [3.63, 3.8) is 0 Å². The highest BCUT2D eigenvalue weighted by Gasteiger charge is 2.24. The van der Waals surface area contributed by atoms with Gasteiger partial charge in [-0.15, -0.1) is 0 Å². The molecule has 14 heavy (non-hydrogen) atoms. The molecule has 1 heterocycles. The number of hydrogen-bond donors (Lipinski definition) is 1. The summed E-state index contributed by atoms with van der Waals surface area (Å²) in [4.78, 5) is 15.4. The second-order valence-corrected chi connectivity index (χ2v) is 4.03. The van der Waals surface area contributed by atoms with Gasteiger partial charge in [0.15, 0.2) is 0 Å². The molecule has 1 aliphatic carbocycles. The number of pyridine rings is 1. The third-order valence-corrected chi connectivity index (χ3v) is 2.50. The number of rotatable bonds is 2. The van der Waals surface area contributed by atoms with Crippen LogP contribution in [0, 0.1) is 0 Å². The molecule has 0 radical (unpaired) electrons. The van der Waals surface area contributed by atoms with Crippen molar-refractivity contribution in [2.24, 2.45) is 0 Å². The van der Waals surface area contributed by atoms with E-state index in [0.29, 0.717) is 16.6 Å². The minimum absolute atomic E-state index is 0.179. The zero-order chi connectivity index (χ0) is 10.1. The van der Waals surface area contributed by atoms with Crippen molar-refractivity contribution in [1.82, 2.24) is 10.3 Å². The number of aromatic nitrogens is 1. The van der Waals surface area contributed by atoms with Crippen LogP contribution in [0.3, 0.4) is 0 Å².